The second kappa shape index (κ2) is 22.0. The topological polar surface area (TPSA) is 172 Å². The zero-order chi connectivity index (χ0) is 42.5. The van der Waals surface area contributed by atoms with Gasteiger partial charge in [-0.05, 0) is 51.0 Å². The number of likely N-dealkylation sites (tertiary alicyclic amines) is 1. The maximum atomic E-state index is 14.3. The highest BCUT2D eigenvalue weighted by Gasteiger charge is 2.44. The maximum Gasteiger partial charge on any atom is 0.410 e. The van der Waals surface area contributed by atoms with Gasteiger partial charge in [0, 0.05) is 53.6 Å². The van der Waals surface area contributed by atoms with Gasteiger partial charge in [0.15, 0.2) is 5.78 Å². The van der Waals surface area contributed by atoms with E-state index in [2.05, 4.69) is 5.32 Å². The summed E-state index contributed by atoms with van der Waals surface area (Å²) in [6.45, 7) is 15.0. The van der Waals surface area contributed by atoms with Crippen LogP contribution < -0.4 is 5.32 Å². The number of ether oxygens (including phenoxy) is 3. The first kappa shape index (κ1) is 48.1. The number of hydrogen-bond donors (Lipinski definition) is 2. The molecule has 1 aliphatic heterocycles. The Morgan fingerprint density at radius 2 is 1.59 bits per heavy atom. The molecule has 1 aromatic carbocycles. The van der Waals surface area contributed by atoms with Crippen LogP contribution in [0.5, 0.6) is 0 Å². The number of rotatable bonds is 22. The standard InChI is InChI=1S/C42H68N4O10/c1-13-27(5)36(44(9)39(50)30(26(3)4)24-34(47)42(7,8)45(10)41(53)56-14-2)33(54-11)25-35(48)46-22-18-21-32(46)37(55-12)28(6)38(49)43-31(40(51)52)23-29-19-16-15-17-20-29/h15-17,19-20,26-28,30-33,36-37H,13-14,18,21-25H2,1-12H3,(H,43,49)(H,51,52)/t27-,28+,30-,31-,32-,33+,36-,37+/m0/s1. The van der Waals surface area contributed by atoms with Gasteiger partial charge in [-0.25, -0.2) is 9.59 Å². The Kier molecular flexibility index (Phi) is 18.9. The molecule has 0 radical (unpaired) electrons. The predicted octanol–water partition coefficient (Wildman–Crippen LogP) is 4.82. The fourth-order valence-corrected chi connectivity index (χ4v) is 7.61. The third kappa shape index (κ3) is 12.2. The summed E-state index contributed by atoms with van der Waals surface area (Å²) < 4.78 is 17.0. The number of nitrogens with zero attached hydrogens (tertiary/aromatic N) is 3. The maximum absolute atomic E-state index is 14.3. The largest absolute Gasteiger partial charge is 0.480 e. The predicted molar refractivity (Wildman–Crippen MR) is 213 cm³/mol. The van der Waals surface area contributed by atoms with Crippen molar-refractivity contribution in [3.63, 3.8) is 0 Å². The van der Waals surface area contributed by atoms with Crippen LogP contribution in [0.4, 0.5) is 4.79 Å². The molecule has 4 amide bonds. The first-order valence-corrected chi connectivity index (χ1v) is 19.9. The molecule has 0 aliphatic carbocycles. The van der Waals surface area contributed by atoms with Gasteiger partial charge in [-0.2, -0.15) is 0 Å². The molecule has 14 heteroatoms. The van der Waals surface area contributed by atoms with Gasteiger partial charge in [-0.15, -0.1) is 0 Å². The van der Waals surface area contributed by atoms with Crippen molar-refractivity contribution in [2.45, 2.75) is 130 Å². The van der Waals surface area contributed by atoms with Crippen LogP contribution in [-0.4, -0.2) is 133 Å². The average Bonchev–Trinajstić information content (AvgIpc) is 3.65. The van der Waals surface area contributed by atoms with Crippen molar-refractivity contribution in [1.82, 2.24) is 20.0 Å². The summed E-state index contributed by atoms with van der Waals surface area (Å²) in [6, 6.07) is 6.95. The Morgan fingerprint density at radius 1 is 0.964 bits per heavy atom. The molecule has 0 bridgehead atoms. The lowest BCUT2D eigenvalue weighted by molar-refractivity contribution is -0.149. The molecule has 1 aromatic rings. The molecule has 0 aromatic heterocycles. The number of hydrogen-bond acceptors (Lipinski definition) is 9. The third-order valence-corrected chi connectivity index (χ3v) is 11.7. The van der Waals surface area contributed by atoms with Crippen molar-refractivity contribution in [3.05, 3.63) is 35.9 Å². The molecule has 1 aliphatic rings. The van der Waals surface area contributed by atoms with Crippen LogP contribution in [-0.2, 0) is 44.6 Å². The van der Waals surface area contributed by atoms with Crippen molar-refractivity contribution in [1.29, 1.82) is 0 Å². The van der Waals surface area contributed by atoms with E-state index in [0.717, 1.165) is 5.56 Å². The molecule has 1 saturated heterocycles. The molecule has 2 N–H and O–H groups in total. The highest BCUT2D eigenvalue weighted by atomic mass is 16.6. The molecule has 0 saturated carbocycles. The van der Waals surface area contributed by atoms with Crippen molar-refractivity contribution >= 4 is 35.6 Å². The summed E-state index contributed by atoms with van der Waals surface area (Å²) >= 11 is 0. The van der Waals surface area contributed by atoms with E-state index in [-0.39, 0.29) is 55.3 Å². The number of carbonyl (C=O) groups excluding carboxylic acids is 5. The SMILES string of the molecule is CCOC(=O)N(C)C(C)(C)C(=O)C[C@H](C(=O)N(C)[C@@H]([C@@H](C)CC)[C@@H](CC(=O)N1CCC[C@H]1[C@H](OC)[C@@H](C)C(=O)N[C@@H](Cc1ccccc1)C(=O)O)OC)C(C)C. The van der Waals surface area contributed by atoms with E-state index in [9.17, 15) is 33.9 Å². The van der Waals surface area contributed by atoms with Gasteiger partial charge < -0.3 is 34.4 Å². The van der Waals surface area contributed by atoms with E-state index in [1.54, 1.807) is 56.7 Å². The summed E-state index contributed by atoms with van der Waals surface area (Å²) in [5.41, 5.74) is -0.448. The Hall–Kier alpha value is -4.04. The van der Waals surface area contributed by atoms with Crippen molar-refractivity contribution in [2.24, 2.45) is 23.7 Å². The normalized spacial score (nSPS) is 18.2. The number of carbonyl (C=O) groups is 6. The summed E-state index contributed by atoms with van der Waals surface area (Å²) in [5, 5.41) is 12.6. The Labute approximate surface area is 333 Å². The van der Waals surface area contributed by atoms with Crippen LogP contribution >= 0.6 is 0 Å². The van der Waals surface area contributed by atoms with Gasteiger partial charge in [0.1, 0.15) is 6.04 Å². The van der Waals surface area contributed by atoms with Crippen LogP contribution in [0.15, 0.2) is 30.3 Å². The first-order chi connectivity index (χ1) is 26.3. The number of ketones is 1. The van der Waals surface area contributed by atoms with E-state index in [0.29, 0.717) is 25.8 Å². The molecule has 0 unspecified atom stereocenters. The van der Waals surface area contributed by atoms with Crippen LogP contribution in [0.25, 0.3) is 0 Å². The van der Waals surface area contributed by atoms with Gasteiger partial charge in [-0.3, -0.25) is 24.1 Å². The second-order valence-corrected chi connectivity index (χ2v) is 16.0. The minimum absolute atomic E-state index is 0.0442. The number of carboxylic acid groups (broad SMARTS) is 1. The Bertz CT molecular complexity index is 1470. The van der Waals surface area contributed by atoms with Crippen LogP contribution in [0.2, 0.25) is 0 Å². The number of aliphatic carboxylic acids is 1. The molecule has 2 rings (SSSR count). The molecule has 14 nitrogen and oxygen atoms in total. The number of carboxylic acids is 1. The highest BCUT2D eigenvalue weighted by Crippen LogP contribution is 2.31. The zero-order valence-corrected chi connectivity index (χ0v) is 35.7. The lowest BCUT2D eigenvalue weighted by atomic mass is 9.82. The third-order valence-electron chi connectivity index (χ3n) is 11.7. The van der Waals surface area contributed by atoms with Crippen LogP contribution in [0.3, 0.4) is 0 Å². The smallest absolute Gasteiger partial charge is 0.410 e. The molecule has 1 heterocycles. The van der Waals surface area contributed by atoms with Gasteiger partial charge in [0.2, 0.25) is 17.7 Å². The fourth-order valence-electron chi connectivity index (χ4n) is 7.61. The average molecular weight is 789 g/mol. The van der Waals surface area contributed by atoms with Gasteiger partial charge in [0.25, 0.3) is 0 Å². The van der Waals surface area contributed by atoms with Crippen LogP contribution in [0, 0.1) is 23.7 Å². The lowest BCUT2D eigenvalue weighted by Gasteiger charge is -2.41. The quantitative estimate of drug-likeness (QED) is 0.166. The van der Waals surface area contributed by atoms with E-state index in [4.69, 9.17) is 14.2 Å². The minimum Gasteiger partial charge on any atom is -0.480 e. The molecule has 56 heavy (non-hydrogen) atoms. The van der Waals surface area contributed by atoms with Gasteiger partial charge in [-0.1, -0.05) is 71.4 Å². The highest BCUT2D eigenvalue weighted by molar-refractivity contribution is 5.94. The van der Waals surface area contributed by atoms with Gasteiger partial charge in [0.05, 0.1) is 48.8 Å². The molecule has 316 valence electrons. The molecule has 0 spiro atoms. The van der Waals surface area contributed by atoms with Crippen molar-refractivity contribution in [3.8, 4) is 0 Å². The molecule has 1 fully saturated rings. The van der Waals surface area contributed by atoms with E-state index >= 15 is 0 Å². The number of amides is 4. The molecular formula is C42H68N4O10. The van der Waals surface area contributed by atoms with E-state index in [1.807, 2.05) is 45.9 Å². The van der Waals surface area contributed by atoms with Crippen LogP contribution in [0.1, 0.15) is 93.1 Å². The van der Waals surface area contributed by atoms with Crippen molar-refractivity contribution in [2.75, 3.05) is 41.5 Å². The minimum atomic E-state index is -1.22. The van der Waals surface area contributed by atoms with E-state index in [1.165, 1.54) is 26.2 Å². The Morgan fingerprint density at radius 3 is 2.11 bits per heavy atom. The first-order valence-electron chi connectivity index (χ1n) is 19.9. The number of nitrogens with one attached hydrogen (secondary N) is 1. The fraction of sp³-hybridized carbons (Fsp3) is 0.714. The molecular weight excluding hydrogens is 720 g/mol. The molecule has 8 atom stereocenters. The summed E-state index contributed by atoms with van der Waals surface area (Å²) in [4.78, 5) is 84.9. The summed E-state index contributed by atoms with van der Waals surface area (Å²) in [5.74, 6) is -4.15. The van der Waals surface area contributed by atoms with Crippen molar-refractivity contribution < 1.29 is 48.1 Å². The number of Topliss-reactive ketones (excluding diaryl/α,β-unsaturated/α-hetero) is 1. The zero-order valence-electron chi connectivity index (χ0n) is 35.7. The van der Waals surface area contributed by atoms with E-state index < -0.39 is 65.7 Å². The monoisotopic (exact) mass is 788 g/mol. The summed E-state index contributed by atoms with van der Waals surface area (Å²) in [6.07, 6.45) is -0.0915. The number of likely N-dealkylation sites (N-methyl/N-ethyl adjacent to an activating group) is 2. The van der Waals surface area contributed by atoms with Gasteiger partial charge >= 0.3 is 12.1 Å². The number of methoxy groups -OCH3 is 2. The Balaban J connectivity index is 2.28. The number of benzene rings is 1. The summed E-state index contributed by atoms with van der Waals surface area (Å²) in [7, 11) is 6.19. The second-order valence-electron chi connectivity index (χ2n) is 16.0. The lowest BCUT2D eigenvalue weighted by Crippen LogP contribution is -2.55.